The van der Waals surface area contributed by atoms with E-state index in [1.54, 1.807) is 12.1 Å². The van der Waals surface area contributed by atoms with Crippen LogP contribution in [-0.2, 0) is 4.79 Å². The van der Waals surface area contributed by atoms with E-state index in [0.717, 1.165) is 47.4 Å². The minimum atomic E-state index is 0.202. The normalized spacial score (nSPS) is 15.7. The molecule has 0 unspecified atom stereocenters. The van der Waals surface area contributed by atoms with Crippen LogP contribution >= 0.6 is 46.3 Å². The Balaban J connectivity index is 1.59. The highest BCUT2D eigenvalue weighted by Crippen LogP contribution is 2.33. The molecule has 1 amide bonds. The van der Waals surface area contributed by atoms with Crippen molar-refractivity contribution in [1.82, 2.24) is 9.88 Å². The number of carbonyl (C=O) groups is 1. The second kappa shape index (κ2) is 8.09. The van der Waals surface area contributed by atoms with Gasteiger partial charge in [-0.15, -0.1) is 11.3 Å². The summed E-state index contributed by atoms with van der Waals surface area (Å²) in [5.41, 5.74) is 1.68. The monoisotopic (exact) mass is 400 g/mol. The minimum absolute atomic E-state index is 0.202. The molecule has 1 aliphatic rings. The minimum Gasteiger partial charge on any atom is -0.342 e. The van der Waals surface area contributed by atoms with E-state index in [2.05, 4.69) is 11.9 Å². The Morgan fingerprint density at radius 1 is 1.38 bits per heavy atom. The third-order valence-corrected chi connectivity index (χ3v) is 6.70. The summed E-state index contributed by atoms with van der Waals surface area (Å²) in [5.74, 6) is 1.37. The van der Waals surface area contributed by atoms with Crippen molar-refractivity contribution < 1.29 is 4.79 Å². The summed E-state index contributed by atoms with van der Waals surface area (Å²) >= 11 is 15.2. The van der Waals surface area contributed by atoms with E-state index in [1.165, 1.54) is 23.1 Å². The van der Waals surface area contributed by atoms with Crippen molar-refractivity contribution in [2.24, 2.45) is 5.92 Å². The second-order valence-corrected chi connectivity index (χ2v) is 8.90. The lowest BCUT2D eigenvalue weighted by Gasteiger charge is -2.30. The molecular formula is C17H18Cl2N2OS2. The van der Waals surface area contributed by atoms with Gasteiger partial charge >= 0.3 is 0 Å². The predicted molar refractivity (Wildman–Crippen MR) is 103 cm³/mol. The first-order chi connectivity index (χ1) is 11.5. The summed E-state index contributed by atoms with van der Waals surface area (Å²) in [6, 6.07) is 5.38. The SMILES string of the molecule is CC1CCN(C(=O)CSc2nc(-c3ccc(Cl)cc3Cl)cs2)CC1. The molecule has 0 spiro atoms. The highest BCUT2D eigenvalue weighted by atomic mass is 35.5. The Kier molecular flexibility index (Phi) is 6.08. The fraction of sp³-hybridized carbons (Fsp3) is 0.412. The molecule has 3 rings (SSSR count). The van der Waals surface area contributed by atoms with Crippen LogP contribution in [0, 0.1) is 5.92 Å². The maximum absolute atomic E-state index is 12.3. The van der Waals surface area contributed by atoms with Crippen LogP contribution in [0.15, 0.2) is 27.9 Å². The zero-order valence-corrected chi connectivity index (χ0v) is 16.4. The zero-order valence-electron chi connectivity index (χ0n) is 13.3. The quantitative estimate of drug-likeness (QED) is 0.637. The number of aromatic nitrogens is 1. The van der Waals surface area contributed by atoms with Crippen LogP contribution in [0.4, 0.5) is 0 Å². The van der Waals surface area contributed by atoms with E-state index in [1.807, 2.05) is 16.3 Å². The number of rotatable bonds is 4. The topological polar surface area (TPSA) is 33.2 Å². The van der Waals surface area contributed by atoms with Gasteiger partial charge in [0.05, 0.1) is 16.5 Å². The number of thioether (sulfide) groups is 1. The molecule has 128 valence electrons. The number of likely N-dealkylation sites (tertiary alicyclic amines) is 1. The third kappa shape index (κ3) is 4.45. The first-order valence-corrected chi connectivity index (χ1v) is 10.5. The van der Waals surface area contributed by atoms with Crippen LogP contribution in [0.5, 0.6) is 0 Å². The lowest BCUT2D eigenvalue weighted by molar-refractivity contribution is -0.129. The van der Waals surface area contributed by atoms with Crippen LogP contribution in [0.3, 0.4) is 0 Å². The van der Waals surface area contributed by atoms with Gasteiger partial charge in [-0.1, -0.05) is 41.9 Å². The van der Waals surface area contributed by atoms with Crippen molar-refractivity contribution in [2.75, 3.05) is 18.8 Å². The van der Waals surface area contributed by atoms with Gasteiger partial charge in [0.25, 0.3) is 0 Å². The lowest BCUT2D eigenvalue weighted by Crippen LogP contribution is -2.38. The predicted octanol–water partition coefficient (Wildman–Crippen LogP) is 5.47. The number of nitrogens with zero attached hydrogens (tertiary/aromatic N) is 2. The smallest absolute Gasteiger partial charge is 0.233 e. The Bertz CT molecular complexity index is 727. The van der Waals surface area contributed by atoms with Crippen LogP contribution in [0.25, 0.3) is 11.3 Å². The van der Waals surface area contributed by atoms with E-state index in [4.69, 9.17) is 23.2 Å². The van der Waals surface area contributed by atoms with Crippen molar-refractivity contribution in [3.05, 3.63) is 33.6 Å². The van der Waals surface area contributed by atoms with Crippen molar-refractivity contribution in [3.63, 3.8) is 0 Å². The van der Waals surface area contributed by atoms with Crippen molar-refractivity contribution in [2.45, 2.75) is 24.1 Å². The van der Waals surface area contributed by atoms with Gasteiger partial charge in [0, 0.05) is 29.1 Å². The van der Waals surface area contributed by atoms with Crippen LogP contribution in [0.2, 0.25) is 10.0 Å². The van der Waals surface area contributed by atoms with Gasteiger partial charge in [-0.2, -0.15) is 0 Å². The van der Waals surface area contributed by atoms with E-state index in [-0.39, 0.29) is 5.91 Å². The molecule has 0 bridgehead atoms. The standard InChI is InChI=1S/C17H18Cl2N2OS2/c1-11-4-6-21(7-5-11)16(22)10-24-17-20-15(9-23-17)13-3-2-12(18)8-14(13)19/h2-3,8-9,11H,4-7,10H2,1H3. The fourth-order valence-electron chi connectivity index (χ4n) is 2.62. The molecule has 3 nitrogen and oxygen atoms in total. The first-order valence-electron chi connectivity index (χ1n) is 7.84. The average Bonchev–Trinajstić information content (AvgIpc) is 3.02. The molecule has 0 atom stereocenters. The van der Waals surface area contributed by atoms with Gasteiger partial charge in [-0.25, -0.2) is 4.98 Å². The molecule has 7 heteroatoms. The summed E-state index contributed by atoms with van der Waals surface area (Å²) in [7, 11) is 0. The summed E-state index contributed by atoms with van der Waals surface area (Å²) < 4.78 is 0.884. The Morgan fingerprint density at radius 2 is 2.12 bits per heavy atom. The van der Waals surface area contributed by atoms with E-state index >= 15 is 0 Å². The molecule has 1 saturated heterocycles. The van der Waals surface area contributed by atoms with Gasteiger partial charge in [0.15, 0.2) is 4.34 Å². The molecule has 2 heterocycles. The number of hydrogen-bond acceptors (Lipinski definition) is 4. The van der Waals surface area contributed by atoms with Gasteiger partial charge in [-0.3, -0.25) is 4.79 Å². The molecule has 0 N–H and O–H groups in total. The molecule has 0 saturated carbocycles. The van der Waals surface area contributed by atoms with E-state index in [9.17, 15) is 4.79 Å². The number of piperidine rings is 1. The maximum atomic E-state index is 12.3. The molecule has 1 aromatic heterocycles. The number of amides is 1. The van der Waals surface area contributed by atoms with Crippen LogP contribution in [-0.4, -0.2) is 34.6 Å². The van der Waals surface area contributed by atoms with Crippen LogP contribution < -0.4 is 0 Å². The number of halogens is 2. The Hall–Kier alpha value is -0.750. The van der Waals surface area contributed by atoms with Gasteiger partial charge in [0.2, 0.25) is 5.91 Å². The summed E-state index contributed by atoms with van der Waals surface area (Å²) in [6.45, 7) is 4.00. The van der Waals surface area contributed by atoms with E-state index < -0.39 is 0 Å². The van der Waals surface area contributed by atoms with Gasteiger partial charge in [-0.05, 0) is 37.0 Å². The van der Waals surface area contributed by atoms with Crippen molar-refractivity contribution >= 4 is 52.2 Å². The molecule has 2 aromatic rings. The number of hydrogen-bond donors (Lipinski definition) is 0. The Morgan fingerprint density at radius 3 is 2.83 bits per heavy atom. The lowest BCUT2D eigenvalue weighted by atomic mass is 9.99. The zero-order chi connectivity index (χ0) is 17.1. The third-order valence-electron chi connectivity index (χ3n) is 4.15. The fourth-order valence-corrected chi connectivity index (χ4v) is 4.85. The van der Waals surface area contributed by atoms with Crippen molar-refractivity contribution in [3.8, 4) is 11.3 Å². The molecule has 1 fully saturated rings. The second-order valence-electron chi connectivity index (χ2n) is 5.97. The van der Waals surface area contributed by atoms with Gasteiger partial charge in [0.1, 0.15) is 0 Å². The number of thiazole rings is 1. The first kappa shape index (κ1) is 18.1. The highest BCUT2D eigenvalue weighted by molar-refractivity contribution is 8.01. The highest BCUT2D eigenvalue weighted by Gasteiger charge is 2.20. The van der Waals surface area contributed by atoms with Crippen LogP contribution in [0.1, 0.15) is 19.8 Å². The summed E-state index contributed by atoms with van der Waals surface area (Å²) in [6.07, 6.45) is 2.21. The average molecular weight is 401 g/mol. The van der Waals surface area contributed by atoms with Gasteiger partial charge < -0.3 is 4.90 Å². The summed E-state index contributed by atoms with van der Waals surface area (Å²) in [4.78, 5) is 18.8. The van der Waals surface area contributed by atoms with E-state index in [0.29, 0.717) is 15.8 Å². The molecule has 0 radical (unpaired) electrons. The molecule has 1 aromatic carbocycles. The molecule has 1 aliphatic heterocycles. The number of carbonyl (C=O) groups excluding carboxylic acids is 1. The van der Waals surface area contributed by atoms with Crippen molar-refractivity contribution in [1.29, 1.82) is 0 Å². The summed E-state index contributed by atoms with van der Waals surface area (Å²) in [5, 5.41) is 3.16. The maximum Gasteiger partial charge on any atom is 0.233 e. The molecular weight excluding hydrogens is 383 g/mol. The molecule has 24 heavy (non-hydrogen) atoms. The largest absolute Gasteiger partial charge is 0.342 e. The Labute approximate surface area is 160 Å². The molecule has 0 aliphatic carbocycles. The number of benzene rings is 1.